The molecule has 1 unspecified atom stereocenters. The summed E-state index contributed by atoms with van der Waals surface area (Å²) in [6, 6.07) is 5.22. The molecule has 4 N–H and O–H groups in total. The van der Waals surface area contributed by atoms with Crippen LogP contribution in [0.15, 0.2) is 23.2 Å². The van der Waals surface area contributed by atoms with Crippen LogP contribution < -0.4 is 11.1 Å². The minimum absolute atomic E-state index is 0.102. The van der Waals surface area contributed by atoms with Crippen LogP contribution in [0.2, 0.25) is 10.0 Å². The fourth-order valence-corrected chi connectivity index (χ4v) is 2.48. The molecule has 0 aliphatic rings. The number of hydrogen-bond donors (Lipinski definition) is 3. The lowest BCUT2D eigenvalue weighted by atomic mass is 9.98. The van der Waals surface area contributed by atoms with E-state index in [1.165, 1.54) is 0 Å². The maximum atomic E-state index is 10.2. The van der Waals surface area contributed by atoms with Gasteiger partial charge in [0.05, 0.1) is 18.2 Å². The molecule has 0 aromatic heterocycles. The van der Waals surface area contributed by atoms with Crippen molar-refractivity contribution in [3.05, 3.63) is 33.8 Å². The number of nitrogens with one attached hydrogen (secondary N) is 1. The average molecular weight is 332 g/mol. The van der Waals surface area contributed by atoms with Crippen LogP contribution in [0.5, 0.6) is 0 Å². The zero-order valence-corrected chi connectivity index (χ0v) is 14.2. The van der Waals surface area contributed by atoms with Gasteiger partial charge in [-0.1, -0.05) is 43.1 Å². The minimum Gasteiger partial charge on any atom is -0.388 e. The van der Waals surface area contributed by atoms with Gasteiger partial charge in [0.2, 0.25) is 0 Å². The maximum absolute atomic E-state index is 10.2. The lowest BCUT2D eigenvalue weighted by Gasteiger charge is -2.23. The van der Waals surface area contributed by atoms with Crippen LogP contribution in [0.3, 0.4) is 0 Å². The molecule has 0 saturated carbocycles. The summed E-state index contributed by atoms with van der Waals surface area (Å²) in [6.07, 6.45) is 1.28. The molecule has 0 saturated heterocycles. The lowest BCUT2D eigenvalue weighted by molar-refractivity contribution is 0.0418. The third-order valence-electron chi connectivity index (χ3n) is 3.65. The molecular weight excluding hydrogens is 309 g/mol. The van der Waals surface area contributed by atoms with E-state index < -0.39 is 5.60 Å². The normalized spacial score (nSPS) is 14.1. The van der Waals surface area contributed by atoms with Crippen LogP contribution in [-0.4, -0.2) is 23.2 Å². The van der Waals surface area contributed by atoms with Crippen molar-refractivity contribution in [1.29, 1.82) is 0 Å². The van der Waals surface area contributed by atoms with E-state index >= 15 is 0 Å². The highest BCUT2D eigenvalue weighted by Crippen LogP contribution is 2.26. The minimum atomic E-state index is -0.798. The Morgan fingerprint density at radius 2 is 2.00 bits per heavy atom. The molecule has 1 atom stereocenters. The van der Waals surface area contributed by atoms with E-state index in [0.717, 1.165) is 5.56 Å². The summed E-state index contributed by atoms with van der Waals surface area (Å²) in [6.45, 7) is 6.07. The molecule has 1 aromatic rings. The Balaban J connectivity index is 2.71. The van der Waals surface area contributed by atoms with Gasteiger partial charge in [0, 0.05) is 10.0 Å². The van der Waals surface area contributed by atoms with Gasteiger partial charge in [-0.15, -0.1) is 0 Å². The van der Waals surface area contributed by atoms with Crippen molar-refractivity contribution >= 4 is 29.2 Å². The Bertz CT molecular complexity index is 502. The second kappa shape index (κ2) is 7.87. The van der Waals surface area contributed by atoms with Crippen LogP contribution in [0, 0.1) is 0 Å². The van der Waals surface area contributed by atoms with Crippen LogP contribution in [-0.2, 0) is 0 Å². The van der Waals surface area contributed by atoms with Gasteiger partial charge < -0.3 is 16.2 Å². The zero-order valence-electron chi connectivity index (χ0n) is 12.7. The molecule has 0 fully saturated rings. The summed E-state index contributed by atoms with van der Waals surface area (Å²) < 4.78 is 0. The maximum Gasteiger partial charge on any atom is 0.189 e. The third-order valence-corrected chi connectivity index (χ3v) is 4.22. The predicted molar refractivity (Wildman–Crippen MR) is 90.0 cm³/mol. The number of benzene rings is 1. The summed E-state index contributed by atoms with van der Waals surface area (Å²) in [5.74, 6) is 0.286. The van der Waals surface area contributed by atoms with Gasteiger partial charge in [0.25, 0.3) is 0 Å². The molecule has 21 heavy (non-hydrogen) atoms. The Kier molecular flexibility index (Phi) is 6.78. The van der Waals surface area contributed by atoms with E-state index in [4.69, 9.17) is 28.9 Å². The standard InChI is InChI=1S/C15H23Cl2N3O/c1-4-15(21,5-2)9-19-14(18)20-10(3)12-7-6-11(16)8-13(12)17/h6-8,10,21H,4-5,9H2,1-3H3,(H3,18,19,20). The fraction of sp³-hybridized carbons (Fsp3) is 0.533. The summed E-state index contributed by atoms with van der Waals surface area (Å²) in [4.78, 5) is 4.21. The molecule has 0 bridgehead atoms. The molecule has 1 aromatic carbocycles. The first kappa shape index (κ1) is 18.1. The Morgan fingerprint density at radius 1 is 1.38 bits per heavy atom. The number of halogens is 2. The highest BCUT2D eigenvalue weighted by Gasteiger charge is 2.21. The van der Waals surface area contributed by atoms with Crippen molar-refractivity contribution in [3.8, 4) is 0 Å². The SMILES string of the molecule is CCC(O)(CC)CN=C(N)NC(C)c1ccc(Cl)cc1Cl. The topological polar surface area (TPSA) is 70.6 Å². The Hall–Kier alpha value is -0.970. The smallest absolute Gasteiger partial charge is 0.189 e. The summed E-state index contributed by atoms with van der Waals surface area (Å²) in [5.41, 5.74) is 5.96. The lowest BCUT2D eigenvalue weighted by Crippen LogP contribution is -2.37. The van der Waals surface area contributed by atoms with Gasteiger partial charge in [0.15, 0.2) is 5.96 Å². The van der Waals surface area contributed by atoms with Gasteiger partial charge in [-0.25, -0.2) is 0 Å². The van der Waals surface area contributed by atoms with Gasteiger partial charge in [-0.2, -0.15) is 0 Å². The van der Waals surface area contributed by atoms with Gasteiger partial charge in [-0.3, -0.25) is 4.99 Å². The van der Waals surface area contributed by atoms with E-state index in [0.29, 0.717) is 22.9 Å². The van der Waals surface area contributed by atoms with Crippen LogP contribution >= 0.6 is 23.2 Å². The van der Waals surface area contributed by atoms with E-state index in [2.05, 4.69) is 10.3 Å². The zero-order chi connectivity index (χ0) is 16.0. The Labute approximate surface area is 136 Å². The number of guanidine groups is 1. The van der Waals surface area contributed by atoms with Gasteiger partial charge >= 0.3 is 0 Å². The molecule has 0 amide bonds. The van der Waals surface area contributed by atoms with Gasteiger partial charge in [-0.05, 0) is 37.5 Å². The second-order valence-corrected chi connectivity index (χ2v) is 6.01. The van der Waals surface area contributed by atoms with E-state index in [9.17, 15) is 5.11 Å². The predicted octanol–water partition coefficient (Wildman–Crippen LogP) is 3.51. The Morgan fingerprint density at radius 3 is 2.52 bits per heavy atom. The molecule has 0 spiro atoms. The first-order valence-corrected chi connectivity index (χ1v) is 7.80. The quantitative estimate of drug-likeness (QED) is 0.551. The van der Waals surface area contributed by atoms with E-state index in [1.807, 2.05) is 26.8 Å². The van der Waals surface area contributed by atoms with E-state index in [-0.39, 0.29) is 18.5 Å². The fourth-order valence-electron chi connectivity index (χ4n) is 1.90. The van der Waals surface area contributed by atoms with Crippen molar-refractivity contribution < 1.29 is 5.11 Å². The molecule has 0 heterocycles. The first-order valence-electron chi connectivity index (χ1n) is 7.05. The van der Waals surface area contributed by atoms with Crippen LogP contribution in [0.4, 0.5) is 0 Å². The summed E-state index contributed by atoms with van der Waals surface area (Å²) >= 11 is 12.0. The molecule has 6 heteroatoms. The molecule has 0 aliphatic carbocycles. The largest absolute Gasteiger partial charge is 0.388 e. The van der Waals surface area contributed by atoms with Crippen LogP contribution in [0.1, 0.15) is 45.2 Å². The van der Waals surface area contributed by atoms with Crippen molar-refractivity contribution in [3.63, 3.8) is 0 Å². The molecule has 0 aliphatic heterocycles. The van der Waals surface area contributed by atoms with Gasteiger partial charge in [0.1, 0.15) is 0 Å². The highest BCUT2D eigenvalue weighted by atomic mass is 35.5. The number of aliphatic hydroxyl groups is 1. The first-order chi connectivity index (χ1) is 9.81. The molecule has 4 nitrogen and oxygen atoms in total. The number of aliphatic imine (C=N–C) groups is 1. The van der Waals surface area contributed by atoms with Crippen molar-refractivity contribution in [2.45, 2.75) is 45.3 Å². The number of nitrogens with two attached hydrogens (primary N) is 1. The molecule has 118 valence electrons. The summed E-state index contributed by atoms with van der Waals surface area (Å²) in [7, 11) is 0. The number of nitrogens with zero attached hydrogens (tertiary/aromatic N) is 1. The van der Waals surface area contributed by atoms with Crippen LogP contribution in [0.25, 0.3) is 0 Å². The van der Waals surface area contributed by atoms with E-state index in [1.54, 1.807) is 12.1 Å². The molecular formula is C15H23Cl2N3O. The number of rotatable bonds is 6. The number of hydrogen-bond acceptors (Lipinski definition) is 2. The van der Waals surface area contributed by atoms with Crippen molar-refractivity contribution in [2.75, 3.05) is 6.54 Å². The molecule has 1 rings (SSSR count). The van der Waals surface area contributed by atoms with Crippen molar-refractivity contribution in [2.24, 2.45) is 10.7 Å². The molecule has 0 radical (unpaired) electrons. The monoisotopic (exact) mass is 331 g/mol. The third kappa shape index (κ3) is 5.38. The highest BCUT2D eigenvalue weighted by molar-refractivity contribution is 6.35. The average Bonchev–Trinajstić information content (AvgIpc) is 2.44. The second-order valence-electron chi connectivity index (χ2n) is 5.16. The van der Waals surface area contributed by atoms with Crippen molar-refractivity contribution in [1.82, 2.24) is 5.32 Å². The summed E-state index contributed by atoms with van der Waals surface area (Å²) in [5, 5.41) is 14.4.